The highest BCUT2D eigenvalue weighted by atomic mass is 32.1. The van der Waals surface area contributed by atoms with Crippen molar-refractivity contribution in [2.24, 2.45) is 0 Å². The van der Waals surface area contributed by atoms with E-state index in [-0.39, 0.29) is 17.9 Å². The van der Waals surface area contributed by atoms with Gasteiger partial charge in [0.15, 0.2) is 0 Å². The number of nitrogens with one attached hydrogen (secondary N) is 1. The maximum absolute atomic E-state index is 12.6. The third-order valence-electron chi connectivity index (χ3n) is 4.43. The molecule has 0 atom stereocenters. The SMILES string of the molecule is CCOC(=O)c1c(-c2cccc([N+](=O)[O-])c2)csc1NC(=O)/C=C/c1ccccc1OC. The van der Waals surface area contributed by atoms with Gasteiger partial charge in [-0.2, -0.15) is 0 Å². The molecule has 0 unspecified atom stereocenters. The Morgan fingerprint density at radius 2 is 1.97 bits per heavy atom. The highest BCUT2D eigenvalue weighted by Crippen LogP contribution is 2.37. The summed E-state index contributed by atoms with van der Waals surface area (Å²) < 4.78 is 10.4. The lowest BCUT2D eigenvalue weighted by Gasteiger charge is -2.08. The number of thiophene rings is 1. The van der Waals surface area contributed by atoms with Gasteiger partial charge in [0.05, 0.1) is 18.6 Å². The largest absolute Gasteiger partial charge is 0.496 e. The molecule has 0 saturated heterocycles. The molecule has 0 saturated carbocycles. The molecule has 3 aromatic rings. The molecule has 1 heterocycles. The van der Waals surface area contributed by atoms with Crippen molar-refractivity contribution in [3.8, 4) is 16.9 Å². The van der Waals surface area contributed by atoms with Crippen LogP contribution in [0, 0.1) is 10.1 Å². The molecule has 1 amide bonds. The normalized spacial score (nSPS) is 10.7. The quantitative estimate of drug-likeness (QED) is 0.219. The van der Waals surface area contributed by atoms with Gasteiger partial charge in [0.2, 0.25) is 5.91 Å². The summed E-state index contributed by atoms with van der Waals surface area (Å²) in [6.07, 6.45) is 2.94. The number of hydrogen-bond acceptors (Lipinski definition) is 7. The van der Waals surface area contributed by atoms with Crippen LogP contribution >= 0.6 is 11.3 Å². The van der Waals surface area contributed by atoms with Crippen molar-refractivity contribution in [1.29, 1.82) is 0 Å². The van der Waals surface area contributed by atoms with Crippen LogP contribution < -0.4 is 10.1 Å². The molecule has 3 rings (SSSR count). The maximum Gasteiger partial charge on any atom is 0.341 e. The van der Waals surface area contributed by atoms with Gasteiger partial charge in [-0.05, 0) is 24.6 Å². The van der Waals surface area contributed by atoms with Gasteiger partial charge in [-0.1, -0.05) is 30.3 Å². The van der Waals surface area contributed by atoms with E-state index in [9.17, 15) is 19.7 Å². The molecule has 164 valence electrons. The predicted octanol–water partition coefficient (Wildman–Crippen LogP) is 5.16. The van der Waals surface area contributed by atoms with E-state index in [0.717, 1.165) is 16.9 Å². The van der Waals surface area contributed by atoms with Crippen LogP contribution in [0.15, 0.2) is 60.0 Å². The number of para-hydroxylation sites is 1. The second kappa shape index (κ2) is 10.4. The Kier molecular flexibility index (Phi) is 7.35. The van der Waals surface area contributed by atoms with E-state index >= 15 is 0 Å². The zero-order chi connectivity index (χ0) is 23.1. The van der Waals surface area contributed by atoms with Crippen LogP contribution in [0.25, 0.3) is 17.2 Å². The smallest absolute Gasteiger partial charge is 0.341 e. The maximum atomic E-state index is 12.6. The molecule has 8 nitrogen and oxygen atoms in total. The lowest BCUT2D eigenvalue weighted by Crippen LogP contribution is -2.12. The summed E-state index contributed by atoms with van der Waals surface area (Å²) in [7, 11) is 1.54. The van der Waals surface area contributed by atoms with Crippen molar-refractivity contribution in [3.05, 3.63) is 81.2 Å². The van der Waals surface area contributed by atoms with E-state index in [1.54, 1.807) is 43.7 Å². The number of amides is 1. The number of anilines is 1. The number of carbonyl (C=O) groups is 2. The van der Waals surface area contributed by atoms with Crippen molar-refractivity contribution in [2.75, 3.05) is 19.0 Å². The lowest BCUT2D eigenvalue weighted by atomic mass is 10.0. The van der Waals surface area contributed by atoms with Crippen LogP contribution in [-0.2, 0) is 9.53 Å². The Morgan fingerprint density at radius 3 is 2.69 bits per heavy atom. The number of ether oxygens (including phenoxy) is 2. The first kappa shape index (κ1) is 22.7. The minimum Gasteiger partial charge on any atom is -0.496 e. The molecule has 32 heavy (non-hydrogen) atoms. The van der Waals surface area contributed by atoms with Crippen LogP contribution in [-0.4, -0.2) is 30.5 Å². The highest BCUT2D eigenvalue weighted by molar-refractivity contribution is 7.15. The summed E-state index contributed by atoms with van der Waals surface area (Å²) in [5.74, 6) is -0.457. The van der Waals surface area contributed by atoms with Crippen LogP contribution in [0.1, 0.15) is 22.8 Å². The fraction of sp³-hybridized carbons (Fsp3) is 0.130. The number of esters is 1. The Hall–Kier alpha value is -3.98. The van der Waals surface area contributed by atoms with Gasteiger partial charge >= 0.3 is 5.97 Å². The Balaban J connectivity index is 1.92. The van der Waals surface area contributed by atoms with Crippen molar-refractivity contribution >= 4 is 40.0 Å². The predicted molar refractivity (Wildman–Crippen MR) is 123 cm³/mol. The zero-order valence-corrected chi connectivity index (χ0v) is 18.2. The number of methoxy groups -OCH3 is 1. The first-order valence-electron chi connectivity index (χ1n) is 9.60. The summed E-state index contributed by atoms with van der Waals surface area (Å²) in [6.45, 7) is 1.82. The molecule has 0 aliphatic heterocycles. The number of nitro benzene ring substituents is 1. The Labute approximate surface area is 188 Å². The number of nitrogens with zero attached hydrogens (tertiary/aromatic N) is 1. The minimum atomic E-state index is -0.626. The summed E-state index contributed by atoms with van der Waals surface area (Å²) in [4.78, 5) is 35.8. The van der Waals surface area contributed by atoms with Gasteiger partial charge in [0.1, 0.15) is 16.3 Å². The topological polar surface area (TPSA) is 108 Å². The van der Waals surface area contributed by atoms with Crippen molar-refractivity contribution in [2.45, 2.75) is 6.92 Å². The van der Waals surface area contributed by atoms with Crippen molar-refractivity contribution < 1.29 is 24.0 Å². The molecule has 0 aliphatic rings. The van der Waals surface area contributed by atoms with E-state index in [4.69, 9.17) is 9.47 Å². The van der Waals surface area contributed by atoms with Gasteiger partial charge in [0.25, 0.3) is 5.69 Å². The molecule has 0 spiro atoms. The van der Waals surface area contributed by atoms with Crippen LogP contribution in [0.2, 0.25) is 0 Å². The third-order valence-corrected chi connectivity index (χ3v) is 5.32. The van der Waals surface area contributed by atoms with Gasteiger partial charge in [0, 0.05) is 34.7 Å². The van der Waals surface area contributed by atoms with E-state index in [1.165, 1.54) is 24.3 Å². The number of carbonyl (C=O) groups excluding carboxylic acids is 2. The van der Waals surface area contributed by atoms with E-state index in [1.807, 2.05) is 12.1 Å². The molecule has 0 radical (unpaired) electrons. The van der Waals surface area contributed by atoms with Gasteiger partial charge in [-0.25, -0.2) is 4.79 Å². The molecular weight excluding hydrogens is 432 g/mol. The van der Waals surface area contributed by atoms with E-state index in [2.05, 4.69) is 5.32 Å². The van der Waals surface area contributed by atoms with Crippen LogP contribution in [0.3, 0.4) is 0 Å². The molecule has 0 bridgehead atoms. The molecule has 1 N–H and O–H groups in total. The molecule has 2 aromatic carbocycles. The summed E-state index contributed by atoms with van der Waals surface area (Å²) in [5, 5.41) is 15.8. The molecule has 1 aromatic heterocycles. The highest BCUT2D eigenvalue weighted by Gasteiger charge is 2.23. The molecular formula is C23H20N2O6S. The average Bonchev–Trinajstić information content (AvgIpc) is 3.21. The van der Waals surface area contributed by atoms with E-state index in [0.29, 0.717) is 21.9 Å². The number of non-ortho nitro benzene ring substituents is 1. The lowest BCUT2D eigenvalue weighted by molar-refractivity contribution is -0.384. The second-order valence-corrected chi connectivity index (χ2v) is 7.33. The van der Waals surface area contributed by atoms with Gasteiger partial charge in [-0.3, -0.25) is 14.9 Å². The van der Waals surface area contributed by atoms with Crippen LogP contribution in [0.4, 0.5) is 10.7 Å². The summed E-state index contributed by atoms with van der Waals surface area (Å²) in [5.41, 5.74) is 1.69. The molecule has 0 aliphatic carbocycles. The van der Waals surface area contributed by atoms with Crippen molar-refractivity contribution in [3.63, 3.8) is 0 Å². The summed E-state index contributed by atoms with van der Waals surface area (Å²) >= 11 is 1.14. The monoisotopic (exact) mass is 452 g/mol. The van der Waals surface area contributed by atoms with E-state index < -0.39 is 16.8 Å². The van der Waals surface area contributed by atoms with Crippen LogP contribution in [0.5, 0.6) is 5.75 Å². The number of benzene rings is 2. The van der Waals surface area contributed by atoms with Gasteiger partial charge in [-0.15, -0.1) is 11.3 Å². The fourth-order valence-electron chi connectivity index (χ4n) is 2.98. The minimum absolute atomic E-state index is 0.103. The number of nitro groups is 1. The molecule has 0 fully saturated rings. The number of rotatable bonds is 8. The Bertz CT molecular complexity index is 1180. The number of hydrogen-bond donors (Lipinski definition) is 1. The summed E-state index contributed by atoms with van der Waals surface area (Å²) in [6, 6.07) is 13.2. The standard InChI is InChI=1S/C23H20N2O6S/c1-3-31-23(27)21-18(16-8-6-9-17(13-16)25(28)29)14-32-22(21)24-20(26)12-11-15-7-4-5-10-19(15)30-2/h4-14H,3H2,1-2H3,(H,24,26)/b12-11+. The second-order valence-electron chi connectivity index (χ2n) is 6.45. The third kappa shape index (κ3) is 5.19. The van der Waals surface area contributed by atoms with Gasteiger partial charge < -0.3 is 14.8 Å². The first-order valence-corrected chi connectivity index (χ1v) is 10.5. The molecule has 9 heteroatoms. The average molecular weight is 452 g/mol. The Morgan fingerprint density at radius 1 is 1.19 bits per heavy atom. The van der Waals surface area contributed by atoms with Crippen molar-refractivity contribution in [1.82, 2.24) is 0 Å². The first-order chi connectivity index (χ1) is 15.4. The zero-order valence-electron chi connectivity index (χ0n) is 17.4. The fourth-order valence-corrected chi connectivity index (χ4v) is 3.94.